The Kier molecular flexibility index (Phi) is 3.07. The van der Waals surface area contributed by atoms with Gasteiger partial charge in [0.1, 0.15) is 5.01 Å². The maximum absolute atomic E-state index is 6.03. The molecule has 0 radical (unpaired) electrons. The first-order valence-corrected chi connectivity index (χ1v) is 7.42. The average molecular weight is 265 g/mol. The summed E-state index contributed by atoms with van der Waals surface area (Å²) in [6, 6.07) is 0. The van der Waals surface area contributed by atoms with Crippen molar-refractivity contribution < 1.29 is 0 Å². The third kappa shape index (κ3) is 2.03. The van der Waals surface area contributed by atoms with E-state index in [9.17, 15) is 0 Å². The molecule has 0 spiro atoms. The van der Waals surface area contributed by atoms with Crippen LogP contribution in [0.5, 0.6) is 0 Å². The quantitative estimate of drug-likeness (QED) is 0.921. The van der Waals surface area contributed by atoms with E-state index in [-0.39, 0.29) is 5.41 Å². The maximum atomic E-state index is 6.03. The van der Waals surface area contributed by atoms with Crippen LogP contribution in [0, 0.1) is 12.3 Å². The lowest BCUT2D eigenvalue weighted by molar-refractivity contribution is 0.196. The Morgan fingerprint density at radius 2 is 2.06 bits per heavy atom. The summed E-state index contributed by atoms with van der Waals surface area (Å²) in [6.07, 6.45) is 7.44. The van der Waals surface area contributed by atoms with Crippen LogP contribution in [-0.2, 0) is 6.42 Å². The summed E-state index contributed by atoms with van der Waals surface area (Å²) in [5.41, 5.74) is 6.30. The van der Waals surface area contributed by atoms with Gasteiger partial charge in [0.05, 0.1) is 0 Å². The zero-order chi connectivity index (χ0) is 12.6. The van der Waals surface area contributed by atoms with Gasteiger partial charge in [-0.3, -0.25) is 0 Å². The van der Waals surface area contributed by atoms with Crippen molar-refractivity contribution in [2.75, 3.05) is 6.54 Å². The molecule has 0 aliphatic heterocycles. The lowest BCUT2D eigenvalue weighted by Crippen LogP contribution is -2.34. The molecule has 1 aliphatic carbocycles. The van der Waals surface area contributed by atoms with Gasteiger partial charge in [-0.05, 0) is 31.7 Å². The first-order chi connectivity index (χ1) is 8.72. The van der Waals surface area contributed by atoms with Crippen molar-refractivity contribution in [3.63, 3.8) is 0 Å². The molecule has 0 amide bonds. The average Bonchev–Trinajstić information content (AvgIpc) is 2.93. The predicted octanol–water partition coefficient (Wildman–Crippen LogP) is 1.95. The summed E-state index contributed by atoms with van der Waals surface area (Å²) in [5.74, 6) is 0.859. The number of aryl methyl sites for hydroxylation is 1. The lowest BCUT2D eigenvalue weighted by atomic mass is 9.72. The normalized spacial score (nSPS) is 19.4. The van der Waals surface area contributed by atoms with Crippen LogP contribution in [0.4, 0.5) is 0 Å². The molecule has 3 rings (SSSR count). The SMILES string of the molecule is Cc1nnc2sc(CC3(CN)CCCCC3)nn12. The van der Waals surface area contributed by atoms with E-state index in [0.717, 1.165) is 28.8 Å². The fraction of sp³-hybridized carbons (Fsp3) is 0.750. The molecule has 98 valence electrons. The van der Waals surface area contributed by atoms with Crippen molar-refractivity contribution in [2.24, 2.45) is 11.1 Å². The van der Waals surface area contributed by atoms with Crippen LogP contribution < -0.4 is 5.73 Å². The van der Waals surface area contributed by atoms with E-state index < -0.39 is 0 Å². The summed E-state index contributed by atoms with van der Waals surface area (Å²) in [4.78, 5) is 0.894. The van der Waals surface area contributed by atoms with E-state index in [1.54, 1.807) is 11.3 Å². The Labute approximate surface area is 110 Å². The highest BCUT2D eigenvalue weighted by molar-refractivity contribution is 7.16. The van der Waals surface area contributed by atoms with Gasteiger partial charge in [0.15, 0.2) is 5.82 Å². The topological polar surface area (TPSA) is 69.1 Å². The largest absolute Gasteiger partial charge is 0.330 e. The minimum Gasteiger partial charge on any atom is -0.330 e. The number of hydrogen-bond acceptors (Lipinski definition) is 5. The van der Waals surface area contributed by atoms with Crippen LogP contribution in [-0.4, -0.2) is 26.4 Å². The molecule has 0 bridgehead atoms. The molecule has 1 fully saturated rings. The molecule has 0 saturated heterocycles. The molecule has 6 heteroatoms. The van der Waals surface area contributed by atoms with Crippen LogP contribution >= 0.6 is 11.3 Å². The molecule has 5 nitrogen and oxygen atoms in total. The highest BCUT2D eigenvalue weighted by Crippen LogP contribution is 2.38. The second-order valence-electron chi connectivity index (χ2n) is 5.38. The van der Waals surface area contributed by atoms with Crippen LogP contribution in [0.2, 0.25) is 0 Å². The van der Waals surface area contributed by atoms with Gasteiger partial charge >= 0.3 is 0 Å². The van der Waals surface area contributed by atoms with E-state index in [4.69, 9.17) is 5.73 Å². The molecule has 0 unspecified atom stereocenters. The van der Waals surface area contributed by atoms with Gasteiger partial charge in [-0.1, -0.05) is 30.6 Å². The van der Waals surface area contributed by atoms with Gasteiger partial charge in [0.25, 0.3) is 0 Å². The van der Waals surface area contributed by atoms with Crippen LogP contribution in [0.25, 0.3) is 4.96 Å². The van der Waals surface area contributed by atoms with E-state index in [1.165, 1.54) is 32.1 Å². The molecular formula is C12H19N5S. The Hall–Kier alpha value is -1.01. The highest BCUT2D eigenvalue weighted by Gasteiger charge is 2.32. The smallest absolute Gasteiger partial charge is 0.234 e. The monoisotopic (exact) mass is 265 g/mol. The number of fused-ring (bicyclic) bond motifs is 1. The minimum absolute atomic E-state index is 0.273. The molecule has 2 heterocycles. The summed E-state index contributed by atoms with van der Waals surface area (Å²) >= 11 is 1.65. The van der Waals surface area contributed by atoms with Crippen LogP contribution in [0.15, 0.2) is 0 Å². The van der Waals surface area contributed by atoms with Crippen molar-refractivity contribution in [2.45, 2.75) is 45.4 Å². The van der Waals surface area contributed by atoms with Gasteiger partial charge in [0.2, 0.25) is 4.96 Å². The Balaban J connectivity index is 1.85. The number of nitrogens with two attached hydrogens (primary N) is 1. The molecule has 1 saturated carbocycles. The molecule has 2 N–H and O–H groups in total. The number of aromatic nitrogens is 4. The van der Waals surface area contributed by atoms with Crippen LogP contribution in [0.3, 0.4) is 0 Å². The second kappa shape index (κ2) is 4.59. The Bertz CT molecular complexity index is 538. The Morgan fingerprint density at radius 1 is 1.28 bits per heavy atom. The molecule has 2 aromatic rings. The molecule has 1 aliphatic rings. The van der Waals surface area contributed by atoms with Crippen LogP contribution in [0.1, 0.15) is 42.9 Å². The third-order valence-corrected chi connectivity index (χ3v) is 4.96. The first-order valence-electron chi connectivity index (χ1n) is 6.60. The van der Waals surface area contributed by atoms with Gasteiger partial charge in [-0.2, -0.15) is 9.61 Å². The van der Waals surface area contributed by atoms with E-state index in [2.05, 4.69) is 15.3 Å². The van der Waals surface area contributed by atoms with Crippen molar-refractivity contribution in [3.8, 4) is 0 Å². The predicted molar refractivity (Wildman–Crippen MR) is 71.7 cm³/mol. The number of rotatable bonds is 3. The number of nitrogens with zero attached hydrogens (tertiary/aromatic N) is 4. The van der Waals surface area contributed by atoms with Gasteiger partial charge in [-0.15, -0.1) is 10.2 Å². The first kappa shape index (κ1) is 12.0. The maximum Gasteiger partial charge on any atom is 0.234 e. The molecular weight excluding hydrogens is 246 g/mol. The molecule has 0 aromatic carbocycles. The molecule has 2 aromatic heterocycles. The van der Waals surface area contributed by atoms with Gasteiger partial charge in [-0.25, -0.2) is 0 Å². The summed E-state index contributed by atoms with van der Waals surface area (Å²) in [5, 5.41) is 13.9. The van der Waals surface area contributed by atoms with E-state index in [0.29, 0.717) is 0 Å². The fourth-order valence-electron chi connectivity index (χ4n) is 2.90. The molecule has 0 atom stereocenters. The summed E-state index contributed by atoms with van der Waals surface area (Å²) < 4.78 is 1.84. The summed E-state index contributed by atoms with van der Waals surface area (Å²) in [6.45, 7) is 2.70. The highest BCUT2D eigenvalue weighted by atomic mass is 32.1. The third-order valence-electron chi connectivity index (χ3n) is 4.06. The van der Waals surface area contributed by atoms with Gasteiger partial charge in [0, 0.05) is 6.42 Å². The summed E-state index contributed by atoms with van der Waals surface area (Å²) in [7, 11) is 0. The Morgan fingerprint density at radius 3 is 2.72 bits per heavy atom. The van der Waals surface area contributed by atoms with E-state index >= 15 is 0 Å². The zero-order valence-electron chi connectivity index (χ0n) is 10.7. The standard InChI is InChI=1S/C12H19N5S/c1-9-14-15-11-17(9)16-10(18-11)7-12(8-13)5-3-2-4-6-12/h2-8,13H2,1H3. The van der Waals surface area contributed by atoms with Crippen molar-refractivity contribution in [1.29, 1.82) is 0 Å². The number of hydrogen-bond donors (Lipinski definition) is 1. The van der Waals surface area contributed by atoms with Crippen molar-refractivity contribution >= 4 is 16.3 Å². The lowest BCUT2D eigenvalue weighted by Gasteiger charge is -2.35. The zero-order valence-corrected chi connectivity index (χ0v) is 11.5. The van der Waals surface area contributed by atoms with Crippen molar-refractivity contribution in [1.82, 2.24) is 19.8 Å². The van der Waals surface area contributed by atoms with Crippen molar-refractivity contribution in [3.05, 3.63) is 10.8 Å². The second-order valence-corrected chi connectivity index (χ2v) is 6.42. The fourth-order valence-corrected chi connectivity index (χ4v) is 3.95. The van der Waals surface area contributed by atoms with E-state index in [1.807, 2.05) is 11.4 Å². The minimum atomic E-state index is 0.273. The van der Waals surface area contributed by atoms with Gasteiger partial charge < -0.3 is 5.73 Å². The molecule has 18 heavy (non-hydrogen) atoms.